The standard InChI is InChI=1S/C41H49N5O6S/c1-2-19-50-21-23-52-24-22-51-20-16-44-40(48)33-10-7-11-35(26-33)53-29-30-8-6-9-32(25-30)41(49)45-37-13-12-34(46-17-4-3-5-18-46)28-36(37)38-27-31(39(42)47)14-15-43-38/h6-15,25-28H,2-5,16-24,29H2,1H3,(H2,42,47)(H,44,48)(H,45,49). The number of carbonyl (C=O) groups excluding carboxylic acids is 3. The Balaban J connectivity index is 1.15. The van der Waals surface area contributed by atoms with E-state index in [1.54, 1.807) is 42.2 Å². The van der Waals surface area contributed by atoms with Crippen LogP contribution in [0.4, 0.5) is 11.4 Å². The van der Waals surface area contributed by atoms with Crippen molar-refractivity contribution in [1.82, 2.24) is 10.3 Å². The van der Waals surface area contributed by atoms with Crippen molar-refractivity contribution in [2.75, 3.05) is 69.5 Å². The number of rotatable bonds is 20. The third kappa shape index (κ3) is 12.4. The summed E-state index contributed by atoms with van der Waals surface area (Å²) in [5, 5.41) is 5.98. The number of hydrogen-bond donors (Lipinski definition) is 3. The van der Waals surface area contributed by atoms with Crippen molar-refractivity contribution in [1.29, 1.82) is 0 Å². The molecular formula is C41H49N5O6S. The van der Waals surface area contributed by atoms with Crippen molar-refractivity contribution in [3.05, 3.63) is 107 Å². The zero-order valence-electron chi connectivity index (χ0n) is 30.3. The summed E-state index contributed by atoms with van der Waals surface area (Å²) in [5.74, 6) is -0.369. The number of nitrogens with two attached hydrogens (primary N) is 1. The molecule has 0 aliphatic carbocycles. The van der Waals surface area contributed by atoms with Crippen LogP contribution in [-0.2, 0) is 20.0 Å². The summed E-state index contributed by atoms with van der Waals surface area (Å²) in [6, 6.07) is 24.1. The highest BCUT2D eigenvalue weighted by Gasteiger charge is 2.18. The van der Waals surface area contributed by atoms with Gasteiger partial charge < -0.3 is 35.5 Å². The smallest absolute Gasteiger partial charge is 0.255 e. The third-order valence-electron chi connectivity index (χ3n) is 8.61. The first kappa shape index (κ1) is 39.5. The van der Waals surface area contributed by atoms with Crippen molar-refractivity contribution in [2.45, 2.75) is 43.3 Å². The molecule has 3 amide bonds. The Morgan fingerprint density at radius 1 is 0.774 bits per heavy atom. The van der Waals surface area contributed by atoms with Crippen LogP contribution >= 0.6 is 11.8 Å². The van der Waals surface area contributed by atoms with E-state index in [0.717, 1.165) is 55.1 Å². The van der Waals surface area contributed by atoms with E-state index in [0.29, 0.717) is 79.0 Å². The molecule has 1 aliphatic heterocycles. The number of anilines is 2. The second kappa shape index (κ2) is 21.1. The number of nitrogens with zero attached hydrogens (tertiary/aromatic N) is 2. The molecule has 0 radical (unpaired) electrons. The molecule has 3 aromatic carbocycles. The van der Waals surface area contributed by atoms with Crippen LogP contribution in [0, 0.1) is 0 Å². The minimum atomic E-state index is -0.543. The molecule has 1 aromatic heterocycles. The zero-order valence-corrected chi connectivity index (χ0v) is 31.1. The lowest BCUT2D eigenvalue weighted by atomic mass is 10.0. The molecule has 0 unspecified atom stereocenters. The Hall–Kier alpha value is -4.75. The van der Waals surface area contributed by atoms with Gasteiger partial charge in [-0.3, -0.25) is 19.4 Å². The summed E-state index contributed by atoms with van der Waals surface area (Å²) in [6.07, 6.45) is 6.01. The van der Waals surface area contributed by atoms with Gasteiger partial charge in [-0.2, -0.15) is 0 Å². The molecule has 1 fully saturated rings. The second-order valence-electron chi connectivity index (χ2n) is 12.6. The van der Waals surface area contributed by atoms with Crippen LogP contribution in [-0.4, -0.2) is 82.0 Å². The Labute approximate surface area is 316 Å². The highest BCUT2D eigenvalue weighted by Crippen LogP contribution is 2.33. The number of ether oxygens (including phenoxy) is 3. The van der Waals surface area contributed by atoms with Gasteiger partial charge in [-0.05, 0) is 91.9 Å². The highest BCUT2D eigenvalue weighted by molar-refractivity contribution is 7.98. The summed E-state index contributed by atoms with van der Waals surface area (Å²) >= 11 is 1.58. The maximum absolute atomic E-state index is 13.6. The molecule has 0 spiro atoms. The van der Waals surface area contributed by atoms with Crippen LogP contribution in [0.25, 0.3) is 11.3 Å². The molecule has 53 heavy (non-hydrogen) atoms. The van der Waals surface area contributed by atoms with E-state index >= 15 is 0 Å². The number of primary amides is 1. The summed E-state index contributed by atoms with van der Waals surface area (Å²) in [5.41, 5.74) is 10.8. The molecule has 1 saturated heterocycles. The summed E-state index contributed by atoms with van der Waals surface area (Å²) in [7, 11) is 0. The Bertz CT molecular complexity index is 1820. The van der Waals surface area contributed by atoms with Gasteiger partial charge in [-0.15, -0.1) is 11.8 Å². The van der Waals surface area contributed by atoms with Crippen molar-refractivity contribution in [2.24, 2.45) is 5.73 Å². The molecule has 5 rings (SSSR count). The molecule has 2 heterocycles. The minimum absolute atomic E-state index is 0.168. The lowest BCUT2D eigenvalue weighted by Crippen LogP contribution is -2.29. The van der Waals surface area contributed by atoms with E-state index in [1.165, 1.54) is 6.42 Å². The van der Waals surface area contributed by atoms with Crippen molar-refractivity contribution in [3.8, 4) is 11.3 Å². The number of aromatic nitrogens is 1. The largest absolute Gasteiger partial charge is 0.379 e. The molecule has 11 nitrogen and oxygen atoms in total. The van der Waals surface area contributed by atoms with Gasteiger partial charge in [0.15, 0.2) is 0 Å². The fourth-order valence-electron chi connectivity index (χ4n) is 5.85. The van der Waals surface area contributed by atoms with Gasteiger partial charge in [0.05, 0.1) is 44.4 Å². The van der Waals surface area contributed by atoms with E-state index in [4.69, 9.17) is 19.9 Å². The van der Waals surface area contributed by atoms with Crippen LogP contribution in [0.2, 0.25) is 0 Å². The van der Waals surface area contributed by atoms with Crippen LogP contribution in [0.15, 0.2) is 90.0 Å². The summed E-state index contributed by atoms with van der Waals surface area (Å²) < 4.78 is 16.4. The van der Waals surface area contributed by atoms with Crippen molar-refractivity contribution < 1.29 is 28.6 Å². The highest BCUT2D eigenvalue weighted by atomic mass is 32.2. The van der Waals surface area contributed by atoms with Crippen LogP contribution in [0.1, 0.15) is 69.2 Å². The van der Waals surface area contributed by atoms with E-state index in [-0.39, 0.29) is 11.8 Å². The SMILES string of the molecule is CCCOCCOCCOCCNC(=O)c1cccc(SCc2cccc(C(=O)Nc3ccc(N4CCCCC4)cc3-c3cc(C(N)=O)ccn3)c2)c1. The van der Waals surface area contributed by atoms with Crippen molar-refractivity contribution >= 4 is 40.9 Å². The van der Waals surface area contributed by atoms with E-state index < -0.39 is 5.91 Å². The third-order valence-corrected chi connectivity index (χ3v) is 9.67. The van der Waals surface area contributed by atoms with Gasteiger partial charge >= 0.3 is 0 Å². The minimum Gasteiger partial charge on any atom is -0.379 e. The first-order valence-corrected chi connectivity index (χ1v) is 19.2. The quantitative estimate of drug-likeness (QED) is 0.0677. The van der Waals surface area contributed by atoms with Crippen LogP contribution < -0.4 is 21.3 Å². The number of benzene rings is 3. The average molecular weight is 740 g/mol. The lowest BCUT2D eigenvalue weighted by Gasteiger charge is -2.29. The number of thioether (sulfide) groups is 1. The van der Waals surface area contributed by atoms with Gasteiger partial charge in [0, 0.05) is 71.0 Å². The topological polar surface area (TPSA) is 145 Å². The molecule has 12 heteroatoms. The molecule has 1 aliphatic rings. The molecule has 0 atom stereocenters. The molecule has 4 N–H and O–H groups in total. The monoisotopic (exact) mass is 739 g/mol. The fraction of sp³-hybridized carbons (Fsp3) is 0.366. The van der Waals surface area contributed by atoms with Crippen LogP contribution in [0.3, 0.4) is 0 Å². The molecule has 0 saturated carbocycles. The van der Waals surface area contributed by atoms with E-state index in [9.17, 15) is 14.4 Å². The predicted molar refractivity (Wildman–Crippen MR) is 210 cm³/mol. The summed E-state index contributed by atoms with van der Waals surface area (Å²) in [4.78, 5) is 46.2. The van der Waals surface area contributed by atoms with Crippen LogP contribution in [0.5, 0.6) is 0 Å². The Kier molecular flexibility index (Phi) is 15.7. The second-order valence-corrected chi connectivity index (χ2v) is 13.7. The number of hydrogen-bond acceptors (Lipinski definition) is 9. The maximum Gasteiger partial charge on any atom is 0.255 e. The van der Waals surface area contributed by atoms with Gasteiger partial charge in [-0.1, -0.05) is 25.1 Å². The van der Waals surface area contributed by atoms with Gasteiger partial charge in [-0.25, -0.2) is 0 Å². The number of piperidine rings is 1. The number of pyridine rings is 1. The van der Waals surface area contributed by atoms with Gasteiger partial charge in [0.25, 0.3) is 11.8 Å². The average Bonchev–Trinajstić information content (AvgIpc) is 3.19. The van der Waals surface area contributed by atoms with Gasteiger partial charge in [0.1, 0.15) is 0 Å². The summed E-state index contributed by atoms with van der Waals surface area (Å²) in [6.45, 7) is 7.58. The molecule has 4 aromatic rings. The molecular weight excluding hydrogens is 691 g/mol. The number of amides is 3. The zero-order chi connectivity index (χ0) is 37.3. The molecule has 0 bridgehead atoms. The first-order chi connectivity index (χ1) is 25.9. The van der Waals surface area contributed by atoms with E-state index in [1.807, 2.05) is 54.6 Å². The normalized spacial score (nSPS) is 12.7. The van der Waals surface area contributed by atoms with E-state index in [2.05, 4.69) is 27.4 Å². The first-order valence-electron chi connectivity index (χ1n) is 18.2. The number of nitrogens with one attached hydrogen (secondary N) is 2. The Morgan fingerprint density at radius 2 is 1.49 bits per heavy atom. The maximum atomic E-state index is 13.6. The molecule has 280 valence electrons. The Morgan fingerprint density at radius 3 is 2.25 bits per heavy atom. The lowest BCUT2D eigenvalue weighted by molar-refractivity contribution is 0.0152. The van der Waals surface area contributed by atoms with Gasteiger partial charge in [0.2, 0.25) is 5.91 Å². The number of carbonyl (C=O) groups is 3. The predicted octanol–water partition coefficient (Wildman–Crippen LogP) is 6.57. The van der Waals surface area contributed by atoms with Crippen molar-refractivity contribution in [3.63, 3.8) is 0 Å². The fourth-order valence-corrected chi connectivity index (χ4v) is 6.75.